The molecule has 0 saturated carbocycles. The number of nitrogens with one attached hydrogen (secondary N) is 1. The Bertz CT molecular complexity index is 1380. The molecule has 0 aliphatic carbocycles. The number of H-pyrrole nitrogens is 1. The van der Waals surface area contributed by atoms with Crippen LogP contribution in [0.25, 0.3) is 11.0 Å². The van der Waals surface area contributed by atoms with Crippen LogP contribution in [-0.4, -0.2) is 53.7 Å². The number of thioether (sulfide) groups is 1. The van der Waals surface area contributed by atoms with Crippen molar-refractivity contribution in [2.45, 2.75) is 17.6 Å². The highest BCUT2D eigenvalue weighted by Crippen LogP contribution is 2.42. The summed E-state index contributed by atoms with van der Waals surface area (Å²) >= 11 is 1.36. The normalized spacial score (nSPS) is 15.1. The van der Waals surface area contributed by atoms with Gasteiger partial charge in [0.1, 0.15) is 5.75 Å². The zero-order valence-corrected chi connectivity index (χ0v) is 21.0. The number of ether oxygens (including phenoxy) is 3. The van der Waals surface area contributed by atoms with E-state index in [2.05, 4.69) is 9.97 Å². The first kappa shape index (κ1) is 23.7. The quantitative estimate of drug-likeness (QED) is 0.339. The molecule has 1 atom stereocenters. The zero-order chi connectivity index (χ0) is 25.1. The zero-order valence-electron chi connectivity index (χ0n) is 20.2. The lowest BCUT2D eigenvalue weighted by Crippen LogP contribution is -2.29. The summed E-state index contributed by atoms with van der Waals surface area (Å²) in [5.41, 5.74) is 4.39. The van der Waals surface area contributed by atoms with Gasteiger partial charge >= 0.3 is 0 Å². The Morgan fingerprint density at radius 2 is 1.81 bits per heavy atom. The van der Waals surface area contributed by atoms with Crippen LogP contribution in [-0.2, 0) is 4.79 Å². The number of hydrazone groups is 1. The second-order valence-corrected chi connectivity index (χ2v) is 9.13. The Kier molecular flexibility index (Phi) is 6.81. The predicted molar refractivity (Wildman–Crippen MR) is 140 cm³/mol. The fourth-order valence-electron chi connectivity index (χ4n) is 4.31. The van der Waals surface area contributed by atoms with E-state index < -0.39 is 0 Å². The Labute approximate surface area is 213 Å². The standard InChI is InChI=1S/C27H26N4O4S/c1-33-18-13-11-17(12-14-18)22-15-23(19-7-6-10-24(34-2)26(19)35-3)31(30-22)25(32)16-36-27-28-20-8-4-5-9-21(20)29-27/h4-14,23H,15-16H2,1-3H3,(H,28,29)/t23-/m1/s1. The largest absolute Gasteiger partial charge is 0.497 e. The molecule has 184 valence electrons. The van der Waals surface area contributed by atoms with Crippen LogP contribution in [0.1, 0.15) is 23.6 Å². The molecule has 36 heavy (non-hydrogen) atoms. The van der Waals surface area contributed by atoms with Gasteiger partial charge in [-0.25, -0.2) is 9.99 Å². The summed E-state index contributed by atoms with van der Waals surface area (Å²) in [7, 11) is 4.83. The Balaban J connectivity index is 1.44. The number of rotatable bonds is 8. The van der Waals surface area contributed by atoms with Crippen molar-refractivity contribution in [1.82, 2.24) is 15.0 Å². The average Bonchev–Trinajstić information content (AvgIpc) is 3.56. The molecular weight excluding hydrogens is 476 g/mol. The third-order valence-electron chi connectivity index (χ3n) is 6.08. The second-order valence-electron chi connectivity index (χ2n) is 8.16. The van der Waals surface area contributed by atoms with Crippen LogP contribution in [0.3, 0.4) is 0 Å². The van der Waals surface area contributed by atoms with E-state index in [1.165, 1.54) is 11.8 Å². The molecule has 1 aliphatic rings. The van der Waals surface area contributed by atoms with E-state index in [9.17, 15) is 4.79 Å². The first-order chi connectivity index (χ1) is 17.6. The van der Waals surface area contributed by atoms with Crippen molar-refractivity contribution >= 4 is 34.4 Å². The molecule has 0 unspecified atom stereocenters. The summed E-state index contributed by atoms with van der Waals surface area (Å²) in [5.74, 6) is 2.02. The van der Waals surface area contributed by atoms with Gasteiger partial charge in [-0.1, -0.05) is 36.0 Å². The molecular formula is C27H26N4O4S. The molecule has 9 heteroatoms. The van der Waals surface area contributed by atoms with Crippen molar-refractivity contribution in [3.05, 3.63) is 77.9 Å². The molecule has 3 aromatic carbocycles. The number of carbonyl (C=O) groups is 1. The number of carbonyl (C=O) groups excluding carboxylic acids is 1. The van der Waals surface area contributed by atoms with Gasteiger partial charge in [-0.05, 0) is 48.0 Å². The highest BCUT2D eigenvalue weighted by molar-refractivity contribution is 7.99. The summed E-state index contributed by atoms with van der Waals surface area (Å²) in [6.07, 6.45) is 0.539. The minimum Gasteiger partial charge on any atom is -0.497 e. The van der Waals surface area contributed by atoms with Crippen molar-refractivity contribution in [1.29, 1.82) is 0 Å². The maximum absolute atomic E-state index is 13.5. The predicted octanol–water partition coefficient (Wildman–Crippen LogP) is 5.06. The number of aromatic amines is 1. The number of amides is 1. The number of benzene rings is 3. The van der Waals surface area contributed by atoms with Crippen LogP contribution in [0, 0.1) is 0 Å². The topological polar surface area (TPSA) is 89.0 Å². The minimum atomic E-state index is -0.337. The molecule has 2 heterocycles. The fourth-order valence-corrected chi connectivity index (χ4v) is 5.05. The van der Waals surface area contributed by atoms with Crippen LogP contribution in [0.15, 0.2) is 77.0 Å². The molecule has 0 saturated heterocycles. The Morgan fingerprint density at radius 3 is 2.53 bits per heavy atom. The number of hydrogen-bond acceptors (Lipinski definition) is 7. The van der Waals surface area contributed by atoms with Gasteiger partial charge in [0.25, 0.3) is 5.91 Å². The van der Waals surface area contributed by atoms with E-state index in [1.54, 1.807) is 26.3 Å². The van der Waals surface area contributed by atoms with Gasteiger partial charge in [0, 0.05) is 12.0 Å². The first-order valence-corrected chi connectivity index (χ1v) is 12.4. The molecule has 0 bridgehead atoms. The molecule has 5 rings (SSSR count). The van der Waals surface area contributed by atoms with Crippen LogP contribution in [0.5, 0.6) is 17.2 Å². The first-order valence-electron chi connectivity index (χ1n) is 11.4. The second kappa shape index (κ2) is 10.3. The molecule has 1 aromatic heterocycles. The van der Waals surface area contributed by atoms with Gasteiger partial charge in [-0.3, -0.25) is 4.79 Å². The van der Waals surface area contributed by atoms with Gasteiger partial charge in [0.2, 0.25) is 0 Å². The van der Waals surface area contributed by atoms with E-state index >= 15 is 0 Å². The third-order valence-corrected chi connectivity index (χ3v) is 6.94. The minimum absolute atomic E-state index is 0.126. The summed E-state index contributed by atoms with van der Waals surface area (Å²) in [4.78, 5) is 21.3. The number of fused-ring (bicyclic) bond motifs is 1. The Morgan fingerprint density at radius 1 is 1.00 bits per heavy atom. The number of nitrogens with zero attached hydrogens (tertiary/aromatic N) is 3. The summed E-state index contributed by atoms with van der Waals surface area (Å²) in [6, 6.07) is 20.8. The maximum atomic E-state index is 13.5. The molecule has 1 aliphatic heterocycles. The third kappa shape index (κ3) is 4.61. The molecule has 0 radical (unpaired) electrons. The van der Waals surface area contributed by atoms with Crippen molar-refractivity contribution in [3.8, 4) is 17.2 Å². The van der Waals surface area contributed by atoms with Crippen molar-refractivity contribution in [2.24, 2.45) is 5.10 Å². The van der Waals surface area contributed by atoms with Crippen molar-refractivity contribution in [2.75, 3.05) is 27.1 Å². The monoisotopic (exact) mass is 502 g/mol. The summed E-state index contributed by atoms with van der Waals surface area (Å²) in [6.45, 7) is 0. The van der Waals surface area contributed by atoms with Crippen LogP contribution < -0.4 is 14.2 Å². The Hall–Kier alpha value is -3.98. The van der Waals surface area contributed by atoms with Gasteiger partial charge in [-0.2, -0.15) is 5.10 Å². The number of hydrogen-bond donors (Lipinski definition) is 1. The van der Waals surface area contributed by atoms with Gasteiger partial charge in [0.05, 0.1) is 49.9 Å². The lowest BCUT2D eigenvalue weighted by molar-refractivity contribution is -0.130. The SMILES string of the molecule is COc1ccc(C2=NN(C(=O)CSc3nc4ccccc4[nH]3)[C@@H](c3cccc(OC)c3OC)C2)cc1. The molecule has 0 fully saturated rings. The maximum Gasteiger partial charge on any atom is 0.253 e. The lowest BCUT2D eigenvalue weighted by Gasteiger charge is -2.24. The average molecular weight is 503 g/mol. The molecule has 1 amide bonds. The van der Waals surface area contributed by atoms with E-state index in [-0.39, 0.29) is 17.7 Å². The van der Waals surface area contributed by atoms with Gasteiger partial charge in [0.15, 0.2) is 16.7 Å². The van der Waals surface area contributed by atoms with E-state index in [0.717, 1.165) is 33.6 Å². The highest BCUT2D eigenvalue weighted by atomic mass is 32.2. The molecule has 4 aromatic rings. The number of aromatic nitrogens is 2. The smallest absolute Gasteiger partial charge is 0.253 e. The number of imidazole rings is 1. The summed E-state index contributed by atoms with van der Waals surface area (Å²) < 4.78 is 16.5. The van der Waals surface area contributed by atoms with Crippen molar-refractivity contribution < 1.29 is 19.0 Å². The fraction of sp³-hybridized carbons (Fsp3) is 0.222. The number of para-hydroxylation sites is 3. The van der Waals surface area contributed by atoms with Gasteiger partial charge in [-0.15, -0.1) is 0 Å². The van der Waals surface area contributed by atoms with Crippen LogP contribution in [0.2, 0.25) is 0 Å². The summed E-state index contributed by atoms with van der Waals surface area (Å²) in [5, 5.41) is 7.03. The van der Waals surface area contributed by atoms with Crippen LogP contribution in [0.4, 0.5) is 0 Å². The van der Waals surface area contributed by atoms with E-state index in [1.807, 2.05) is 66.7 Å². The molecule has 1 N–H and O–H groups in total. The van der Waals surface area contributed by atoms with E-state index in [4.69, 9.17) is 19.3 Å². The molecule has 8 nitrogen and oxygen atoms in total. The van der Waals surface area contributed by atoms with Crippen molar-refractivity contribution in [3.63, 3.8) is 0 Å². The highest BCUT2D eigenvalue weighted by Gasteiger charge is 2.35. The van der Waals surface area contributed by atoms with Gasteiger partial charge < -0.3 is 19.2 Å². The van der Waals surface area contributed by atoms with Crippen LogP contribution >= 0.6 is 11.8 Å². The number of methoxy groups -OCH3 is 3. The van der Waals surface area contributed by atoms with E-state index in [0.29, 0.717) is 23.1 Å². The molecule has 0 spiro atoms. The lowest BCUT2D eigenvalue weighted by atomic mass is 9.97.